The highest BCUT2D eigenvalue weighted by Gasteiger charge is 2.36. The number of nitriles is 1. The van der Waals surface area contributed by atoms with Gasteiger partial charge in [-0.25, -0.2) is 0 Å². The number of ether oxygens (including phenoxy) is 1. The predicted octanol–water partition coefficient (Wildman–Crippen LogP) is 1.85. The van der Waals surface area contributed by atoms with Gasteiger partial charge in [0.05, 0.1) is 29.4 Å². The minimum atomic E-state index is -0.453. The highest BCUT2D eigenvalue weighted by molar-refractivity contribution is 5.73. The fraction of sp³-hybridized carbons (Fsp3) is 0.188. The van der Waals surface area contributed by atoms with Crippen molar-refractivity contribution < 1.29 is 9.66 Å². The van der Waals surface area contributed by atoms with E-state index in [1.165, 1.54) is 6.08 Å². The maximum atomic E-state index is 11.4. The van der Waals surface area contributed by atoms with E-state index >= 15 is 0 Å². The largest absolute Gasteiger partial charge is 0.497 e. The van der Waals surface area contributed by atoms with E-state index in [1.807, 2.05) is 35.2 Å². The summed E-state index contributed by atoms with van der Waals surface area (Å²) >= 11 is 0. The Bertz CT molecular complexity index is 785. The van der Waals surface area contributed by atoms with E-state index in [9.17, 15) is 10.1 Å². The summed E-state index contributed by atoms with van der Waals surface area (Å²) in [5, 5.41) is 23.4. The molecule has 3 rings (SSSR count). The molecule has 1 aromatic carbocycles. The summed E-state index contributed by atoms with van der Waals surface area (Å²) in [5.41, 5.74) is 1.95. The average Bonchev–Trinajstić information content (AvgIpc) is 3.03. The van der Waals surface area contributed by atoms with Crippen molar-refractivity contribution >= 4 is 5.70 Å². The van der Waals surface area contributed by atoms with Crippen LogP contribution in [0.2, 0.25) is 0 Å². The van der Waals surface area contributed by atoms with E-state index in [0.29, 0.717) is 24.5 Å². The van der Waals surface area contributed by atoms with Crippen LogP contribution in [0.1, 0.15) is 5.56 Å². The van der Waals surface area contributed by atoms with Crippen LogP contribution in [-0.4, -0.2) is 30.0 Å². The van der Waals surface area contributed by atoms with Gasteiger partial charge in [-0.2, -0.15) is 5.26 Å². The van der Waals surface area contributed by atoms with E-state index < -0.39 is 4.92 Å². The minimum Gasteiger partial charge on any atom is -0.497 e. The number of hydrogen-bond acceptors (Lipinski definition) is 6. The van der Waals surface area contributed by atoms with E-state index in [0.717, 1.165) is 17.0 Å². The molecule has 2 heterocycles. The lowest BCUT2D eigenvalue weighted by molar-refractivity contribution is -0.422. The van der Waals surface area contributed by atoms with Crippen LogP contribution in [0, 0.1) is 21.4 Å². The van der Waals surface area contributed by atoms with Gasteiger partial charge in [-0.1, -0.05) is 0 Å². The third kappa shape index (κ3) is 2.51. The van der Waals surface area contributed by atoms with Gasteiger partial charge in [0.25, 0.3) is 0 Å². The molecule has 7 heteroatoms. The van der Waals surface area contributed by atoms with Crippen molar-refractivity contribution in [3.63, 3.8) is 0 Å². The molecule has 0 amide bonds. The van der Waals surface area contributed by atoms with Gasteiger partial charge in [-0.05, 0) is 35.9 Å². The van der Waals surface area contributed by atoms with Crippen molar-refractivity contribution in [3.8, 4) is 11.8 Å². The van der Waals surface area contributed by atoms with E-state index in [4.69, 9.17) is 10.00 Å². The minimum absolute atomic E-state index is 0.0682. The third-order valence-corrected chi connectivity index (χ3v) is 3.77. The van der Waals surface area contributed by atoms with Gasteiger partial charge >= 0.3 is 5.70 Å². The van der Waals surface area contributed by atoms with Crippen LogP contribution < -0.4 is 10.1 Å². The number of nitrogens with zero attached hydrogens (tertiary/aromatic N) is 3. The van der Waals surface area contributed by atoms with Crippen LogP contribution in [0.3, 0.4) is 0 Å². The van der Waals surface area contributed by atoms with Gasteiger partial charge in [0.15, 0.2) is 5.82 Å². The van der Waals surface area contributed by atoms with Gasteiger partial charge in [0.2, 0.25) is 0 Å². The molecule has 0 aromatic heterocycles. The Morgan fingerprint density at radius 1 is 1.43 bits per heavy atom. The van der Waals surface area contributed by atoms with Crippen LogP contribution in [0.15, 0.2) is 53.5 Å². The van der Waals surface area contributed by atoms with Crippen molar-refractivity contribution in [2.45, 2.75) is 0 Å². The van der Waals surface area contributed by atoms with Crippen molar-refractivity contribution in [1.29, 1.82) is 5.26 Å². The molecule has 0 atom stereocenters. The van der Waals surface area contributed by atoms with Crippen LogP contribution in [0.25, 0.3) is 5.70 Å². The quantitative estimate of drug-likeness (QED) is 0.520. The van der Waals surface area contributed by atoms with Crippen molar-refractivity contribution in [2.75, 3.05) is 20.2 Å². The monoisotopic (exact) mass is 310 g/mol. The molecular weight excluding hydrogens is 296 g/mol. The first-order valence-corrected chi connectivity index (χ1v) is 7.02. The Morgan fingerprint density at radius 3 is 2.78 bits per heavy atom. The number of rotatable bonds is 3. The van der Waals surface area contributed by atoms with E-state index in [2.05, 4.69) is 5.32 Å². The molecule has 0 bridgehead atoms. The highest BCUT2D eigenvalue weighted by atomic mass is 16.6. The highest BCUT2D eigenvalue weighted by Crippen LogP contribution is 2.35. The molecule has 0 aliphatic carbocycles. The number of methoxy groups -OCH3 is 1. The fourth-order valence-corrected chi connectivity index (χ4v) is 2.75. The molecule has 2 aliphatic heterocycles. The standard InChI is InChI=1S/C16H14N4O3/c1-23-13-4-2-11(3-5-13)14-10-12(6-7-17)15(20(21)22)16-18-8-9-19(14)16/h2-6,10,18H,8-9H2,1H3/b12-6+. The number of hydrogen-bond donors (Lipinski definition) is 1. The molecule has 0 radical (unpaired) electrons. The Morgan fingerprint density at radius 2 is 2.17 bits per heavy atom. The normalized spacial score (nSPS) is 18.2. The number of benzene rings is 1. The Kier molecular flexibility index (Phi) is 3.73. The van der Waals surface area contributed by atoms with Gasteiger partial charge in [-0.15, -0.1) is 0 Å². The fourth-order valence-electron chi connectivity index (χ4n) is 2.75. The number of fused-ring (bicyclic) bond motifs is 1. The van der Waals surface area contributed by atoms with Gasteiger partial charge in [0, 0.05) is 19.2 Å². The molecule has 1 aromatic rings. The van der Waals surface area contributed by atoms with Crippen LogP contribution in [0.5, 0.6) is 5.75 Å². The average molecular weight is 310 g/mol. The van der Waals surface area contributed by atoms with Gasteiger partial charge < -0.3 is 15.0 Å². The number of nitrogens with one attached hydrogen (secondary N) is 1. The molecular formula is C16H14N4O3. The summed E-state index contributed by atoms with van der Waals surface area (Å²) in [6.45, 7) is 1.24. The topological polar surface area (TPSA) is 91.4 Å². The zero-order valence-corrected chi connectivity index (χ0v) is 12.4. The molecule has 7 nitrogen and oxygen atoms in total. The zero-order valence-electron chi connectivity index (χ0n) is 12.4. The summed E-state index contributed by atoms with van der Waals surface area (Å²) in [6.07, 6.45) is 2.88. The molecule has 1 N–H and O–H groups in total. The summed E-state index contributed by atoms with van der Waals surface area (Å²) in [6, 6.07) is 9.33. The van der Waals surface area contributed by atoms with Crippen molar-refractivity contribution in [3.05, 3.63) is 69.2 Å². The summed E-state index contributed by atoms with van der Waals surface area (Å²) in [4.78, 5) is 12.8. The Labute approximate surface area is 132 Å². The second-order valence-electron chi connectivity index (χ2n) is 5.02. The molecule has 1 saturated heterocycles. The molecule has 0 saturated carbocycles. The van der Waals surface area contributed by atoms with Crippen molar-refractivity contribution in [1.82, 2.24) is 10.2 Å². The molecule has 23 heavy (non-hydrogen) atoms. The molecule has 0 spiro atoms. The zero-order chi connectivity index (χ0) is 16.4. The lowest BCUT2D eigenvalue weighted by Crippen LogP contribution is -2.27. The van der Waals surface area contributed by atoms with Crippen LogP contribution in [-0.2, 0) is 0 Å². The first-order valence-electron chi connectivity index (χ1n) is 7.02. The predicted molar refractivity (Wildman–Crippen MR) is 83.4 cm³/mol. The second kappa shape index (κ2) is 5.85. The summed E-state index contributed by atoms with van der Waals surface area (Å²) < 4.78 is 5.15. The first kappa shape index (κ1) is 14.7. The van der Waals surface area contributed by atoms with Crippen molar-refractivity contribution in [2.24, 2.45) is 0 Å². The Balaban J connectivity index is 2.11. The SMILES string of the molecule is COc1ccc(C2=C/C(=C\C#N)C([N+](=O)[O-])=C3NCCN23)cc1. The van der Waals surface area contributed by atoms with Crippen LogP contribution in [0.4, 0.5) is 0 Å². The second-order valence-corrected chi connectivity index (χ2v) is 5.02. The number of allylic oxidation sites excluding steroid dienone is 2. The molecule has 116 valence electrons. The van der Waals surface area contributed by atoms with Gasteiger partial charge in [-0.3, -0.25) is 10.1 Å². The van der Waals surface area contributed by atoms with Crippen LogP contribution >= 0.6 is 0 Å². The lowest BCUT2D eigenvalue weighted by Gasteiger charge is -2.26. The van der Waals surface area contributed by atoms with Gasteiger partial charge in [0.1, 0.15) is 5.75 Å². The Hall–Kier alpha value is -3.27. The lowest BCUT2D eigenvalue weighted by atomic mass is 10.0. The summed E-state index contributed by atoms with van der Waals surface area (Å²) in [5.74, 6) is 1.17. The molecule has 1 fully saturated rings. The maximum absolute atomic E-state index is 11.4. The maximum Gasteiger partial charge on any atom is 0.317 e. The number of nitro groups is 1. The third-order valence-electron chi connectivity index (χ3n) is 3.77. The smallest absolute Gasteiger partial charge is 0.317 e. The van der Waals surface area contributed by atoms with E-state index in [1.54, 1.807) is 13.2 Å². The molecule has 0 unspecified atom stereocenters. The molecule has 2 aliphatic rings. The first-order chi connectivity index (χ1) is 11.2. The summed E-state index contributed by atoms with van der Waals surface area (Å²) in [7, 11) is 1.59. The van der Waals surface area contributed by atoms with E-state index in [-0.39, 0.29) is 5.70 Å².